The van der Waals surface area contributed by atoms with E-state index in [9.17, 15) is 4.79 Å². The predicted octanol–water partition coefficient (Wildman–Crippen LogP) is 2.04. The van der Waals surface area contributed by atoms with Crippen LogP contribution in [0.1, 0.15) is 42.3 Å². The van der Waals surface area contributed by atoms with E-state index in [1.807, 2.05) is 30.3 Å². The van der Waals surface area contributed by atoms with Crippen LogP contribution in [0.5, 0.6) is 0 Å². The zero-order chi connectivity index (χ0) is 17.8. The van der Waals surface area contributed by atoms with Crippen molar-refractivity contribution in [3.8, 4) is 11.4 Å². The van der Waals surface area contributed by atoms with Gasteiger partial charge in [-0.25, -0.2) is 9.97 Å². The smallest absolute Gasteiger partial charge is 0.289 e. The minimum atomic E-state index is -0.223. The van der Waals surface area contributed by atoms with Crippen LogP contribution in [0.4, 0.5) is 0 Å². The minimum Gasteiger partial charge on any atom is -0.347 e. The second-order valence-electron chi connectivity index (χ2n) is 6.35. The molecule has 2 heterocycles. The van der Waals surface area contributed by atoms with E-state index in [2.05, 4.69) is 30.7 Å². The number of carbonyl (C=O) groups excluding carboxylic acids is 1. The molecule has 1 aliphatic carbocycles. The molecule has 4 rings (SSSR count). The maximum atomic E-state index is 12.1. The molecule has 2 aromatic heterocycles. The summed E-state index contributed by atoms with van der Waals surface area (Å²) in [6.45, 7) is 0. The van der Waals surface area contributed by atoms with E-state index in [0.717, 1.165) is 31.2 Å². The Bertz CT molecular complexity index is 858. The van der Waals surface area contributed by atoms with Crippen LogP contribution in [-0.2, 0) is 0 Å². The number of carbonyl (C=O) groups is 1. The van der Waals surface area contributed by atoms with E-state index in [-0.39, 0.29) is 23.8 Å². The zero-order valence-corrected chi connectivity index (χ0v) is 14.2. The number of aromatic nitrogens is 6. The van der Waals surface area contributed by atoms with Gasteiger partial charge < -0.3 is 5.32 Å². The van der Waals surface area contributed by atoms with Gasteiger partial charge in [-0.3, -0.25) is 4.79 Å². The van der Waals surface area contributed by atoms with Crippen molar-refractivity contribution in [2.75, 3.05) is 0 Å². The molecule has 3 aromatic rings. The average Bonchev–Trinajstić information content (AvgIpc) is 3.20. The first-order valence-corrected chi connectivity index (χ1v) is 8.72. The van der Waals surface area contributed by atoms with Crippen molar-refractivity contribution in [1.29, 1.82) is 0 Å². The van der Waals surface area contributed by atoms with Gasteiger partial charge in [0.15, 0.2) is 0 Å². The lowest BCUT2D eigenvalue weighted by molar-refractivity contribution is 0.0910. The van der Waals surface area contributed by atoms with Crippen LogP contribution < -0.4 is 5.32 Å². The van der Waals surface area contributed by atoms with Crippen molar-refractivity contribution in [2.24, 2.45) is 0 Å². The van der Waals surface area contributed by atoms with Crippen LogP contribution in [0.15, 0.2) is 48.8 Å². The van der Waals surface area contributed by atoms with E-state index in [1.54, 1.807) is 23.3 Å². The molecule has 0 atom stereocenters. The van der Waals surface area contributed by atoms with Crippen molar-refractivity contribution in [3.63, 3.8) is 0 Å². The van der Waals surface area contributed by atoms with E-state index in [4.69, 9.17) is 0 Å². The Balaban J connectivity index is 1.34. The van der Waals surface area contributed by atoms with Crippen LogP contribution in [0.25, 0.3) is 11.4 Å². The maximum Gasteiger partial charge on any atom is 0.289 e. The number of tetrazole rings is 1. The predicted molar refractivity (Wildman–Crippen MR) is 94.0 cm³/mol. The number of hydrogen-bond donors (Lipinski definition) is 1. The highest BCUT2D eigenvalue weighted by Gasteiger charge is 2.26. The SMILES string of the molecule is O=C(NC1CCC(n2nnc(-c3ccccc3)n2)CC1)c1ncccn1. The van der Waals surface area contributed by atoms with Gasteiger partial charge in [0.2, 0.25) is 11.6 Å². The highest BCUT2D eigenvalue weighted by atomic mass is 16.2. The molecule has 0 aliphatic heterocycles. The summed E-state index contributed by atoms with van der Waals surface area (Å²) in [5, 5.41) is 15.9. The first-order chi connectivity index (χ1) is 12.8. The number of rotatable bonds is 4. The van der Waals surface area contributed by atoms with Crippen molar-refractivity contribution in [3.05, 3.63) is 54.6 Å². The van der Waals surface area contributed by atoms with Crippen LogP contribution in [0, 0.1) is 0 Å². The number of hydrogen-bond acceptors (Lipinski definition) is 6. The Kier molecular flexibility index (Phi) is 4.63. The quantitative estimate of drug-likeness (QED) is 0.774. The second-order valence-corrected chi connectivity index (χ2v) is 6.35. The van der Waals surface area contributed by atoms with Gasteiger partial charge in [0.25, 0.3) is 5.91 Å². The molecule has 0 spiro atoms. The van der Waals surface area contributed by atoms with Crippen LogP contribution >= 0.6 is 0 Å². The highest BCUT2D eigenvalue weighted by Crippen LogP contribution is 2.28. The first kappa shape index (κ1) is 16.3. The molecular weight excluding hydrogens is 330 g/mol. The van der Waals surface area contributed by atoms with Gasteiger partial charge in [-0.1, -0.05) is 30.3 Å². The van der Waals surface area contributed by atoms with Crippen LogP contribution in [0.3, 0.4) is 0 Å². The van der Waals surface area contributed by atoms with Gasteiger partial charge in [0, 0.05) is 24.0 Å². The molecule has 0 bridgehead atoms. The van der Waals surface area contributed by atoms with Crippen LogP contribution in [0.2, 0.25) is 0 Å². The molecule has 132 valence electrons. The molecule has 1 amide bonds. The first-order valence-electron chi connectivity index (χ1n) is 8.72. The lowest BCUT2D eigenvalue weighted by Gasteiger charge is -2.27. The summed E-state index contributed by atoms with van der Waals surface area (Å²) < 4.78 is 0. The second kappa shape index (κ2) is 7.38. The summed E-state index contributed by atoms with van der Waals surface area (Å²) >= 11 is 0. The monoisotopic (exact) mass is 349 g/mol. The molecule has 0 radical (unpaired) electrons. The Labute approximate surface area is 150 Å². The molecule has 8 nitrogen and oxygen atoms in total. The average molecular weight is 349 g/mol. The maximum absolute atomic E-state index is 12.1. The van der Waals surface area contributed by atoms with Gasteiger partial charge in [-0.2, -0.15) is 4.80 Å². The third kappa shape index (κ3) is 3.58. The van der Waals surface area contributed by atoms with Gasteiger partial charge in [0.1, 0.15) is 0 Å². The van der Waals surface area contributed by atoms with Gasteiger partial charge in [-0.05, 0) is 37.0 Å². The molecule has 0 unspecified atom stereocenters. The molecule has 1 aromatic carbocycles. The fourth-order valence-electron chi connectivity index (χ4n) is 3.20. The molecule has 0 saturated heterocycles. The normalized spacial score (nSPS) is 19.8. The minimum absolute atomic E-state index is 0.125. The molecule has 26 heavy (non-hydrogen) atoms. The number of nitrogens with one attached hydrogen (secondary N) is 1. The van der Waals surface area contributed by atoms with Crippen LogP contribution in [-0.4, -0.2) is 42.1 Å². The summed E-state index contributed by atoms with van der Waals surface area (Å²) in [6.07, 6.45) is 6.66. The number of benzene rings is 1. The molecule has 8 heteroatoms. The van der Waals surface area contributed by atoms with Crippen molar-refractivity contribution < 1.29 is 4.79 Å². The highest BCUT2D eigenvalue weighted by molar-refractivity contribution is 5.90. The fourth-order valence-corrected chi connectivity index (χ4v) is 3.20. The van der Waals surface area contributed by atoms with Crippen molar-refractivity contribution in [1.82, 2.24) is 35.5 Å². The number of amides is 1. The topological polar surface area (TPSA) is 98.5 Å². The van der Waals surface area contributed by atoms with E-state index < -0.39 is 0 Å². The zero-order valence-electron chi connectivity index (χ0n) is 14.2. The van der Waals surface area contributed by atoms with E-state index >= 15 is 0 Å². The van der Waals surface area contributed by atoms with Crippen molar-refractivity contribution >= 4 is 5.91 Å². The Morgan fingerprint density at radius 2 is 1.73 bits per heavy atom. The summed E-state index contributed by atoms with van der Waals surface area (Å²) in [4.78, 5) is 21.8. The molecular formula is C18H19N7O. The summed E-state index contributed by atoms with van der Waals surface area (Å²) in [5.74, 6) is 0.626. The fraction of sp³-hybridized carbons (Fsp3) is 0.333. The van der Waals surface area contributed by atoms with E-state index in [1.165, 1.54) is 0 Å². The van der Waals surface area contributed by atoms with Gasteiger partial charge in [-0.15, -0.1) is 10.2 Å². The molecule has 1 aliphatic rings. The lowest BCUT2D eigenvalue weighted by Crippen LogP contribution is -2.38. The third-order valence-corrected chi connectivity index (χ3v) is 4.59. The third-order valence-electron chi connectivity index (χ3n) is 4.59. The van der Waals surface area contributed by atoms with E-state index in [0.29, 0.717) is 5.82 Å². The summed E-state index contributed by atoms with van der Waals surface area (Å²) in [6, 6.07) is 11.8. The number of nitrogens with zero attached hydrogens (tertiary/aromatic N) is 6. The summed E-state index contributed by atoms with van der Waals surface area (Å²) in [7, 11) is 0. The molecule has 1 N–H and O–H groups in total. The molecule has 1 saturated carbocycles. The Morgan fingerprint density at radius 3 is 2.46 bits per heavy atom. The summed E-state index contributed by atoms with van der Waals surface area (Å²) in [5.41, 5.74) is 0.961. The largest absolute Gasteiger partial charge is 0.347 e. The van der Waals surface area contributed by atoms with Gasteiger partial charge in [0.05, 0.1) is 6.04 Å². The lowest BCUT2D eigenvalue weighted by atomic mass is 9.91. The Hall–Kier alpha value is -3.16. The van der Waals surface area contributed by atoms with Gasteiger partial charge >= 0.3 is 0 Å². The standard InChI is InChI=1S/C18H19N7O/c26-18(17-19-11-4-12-20-17)21-14-7-9-15(10-8-14)25-23-16(22-24-25)13-5-2-1-3-6-13/h1-6,11-12,14-15H,7-10H2,(H,21,26). The Morgan fingerprint density at radius 1 is 1.00 bits per heavy atom. The molecule has 1 fully saturated rings. The van der Waals surface area contributed by atoms with Crippen molar-refractivity contribution in [2.45, 2.75) is 37.8 Å².